The lowest BCUT2D eigenvalue weighted by molar-refractivity contribution is 0.000970. The molecule has 0 aliphatic carbocycles. The summed E-state index contributed by atoms with van der Waals surface area (Å²) in [6.07, 6.45) is 2.54. The summed E-state index contributed by atoms with van der Waals surface area (Å²) in [6, 6.07) is 10.0. The second-order valence-electron chi connectivity index (χ2n) is 4.40. The highest BCUT2D eigenvalue weighted by molar-refractivity contribution is 5.33. The maximum absolute atomic E-state index is 10.4. The molecule has 82 valence electrons. The van der Waals surface area contributed by atoms with Crippen LogP contribution >= 0.6 is 0 Å². The van der Waals surface area contributed by atoms with Crippen LogP contribution in [0.5, 0.6) is 0 Å². The van der Waals surface area contributed by atoms with Crippen molar-refractivity contribution in [3.05, 3.63) is 48.6 Å². The van der Waals surface area contributed by atoms with Crippen LogP contribution < -0.4 is 0 Å². The summed E-state index contributed by atoms with van der Waals surface area (Å²) in [7, 11) is 0. The van der Waals surface area contributed by atoms with E-state index in [0.717, 1.165) is 5.56 Å². The van der Waals surface area contributed by atoms with Gasteiger partial charge in [0.25, 0.3) is 0 Å². The molecule has 1 heteroatoms. The molecule has 0 unspecified atom stereocenters. The Hall–Kier alpha value is -1.08. The molecule has 0 bridgehead atoms. The Kier molecular flexibility index (Phi) is 3.35. The first kappa shape index (κ1) is 12.0. The van der Waals surface area contributed by atoms with Gasteiger partial charge in [-0.25, -0.2) is 0 Å². The average Bonchev–Trinajstić information content (AvgIpc) is 2.29. The van der Waals surface area contributed by atoms with Crippen molar-refractivity contribution in [2.75, 3.05) is 0 Å². The third-order valence-corrected chi connectivity index (χ3v) is 3.59. The zero-order chi connectivity index (χ0) is 11.5. The highest BCUT2D eigenvalue weighted by Gasteiger charge is 2.40. The lowest BCUT2D eigenvalue weighted by Gasteiger charge is -2.40. The van der Waals surface area contributed by atoms with E-state index in [9.17, 15) is 5.11 Å². The summed E-state index contributed by atoms with van der Waals surface area (Å²) in [5.74, 6) is 0. The molecule has 1 aromatic rings. The molecular formula is C14H20O. The predicted octanol–water partition coefficient (Wildman–Crippen LogP) is 3.29. The first-order valence-electron chi connectivity index (χ1n) is 5.39. The minimum absolute atomic E-state index is 0.400. The first-order chi connectivity index (χ1) is 6.98. The normalized spacial score (nSPS) is 18.9. The van der Waals surface area contributed by atoms with Crippen LogP contribution in [0.15, 0.2) is 43.0 Å². The smallest absolute Gasteiger partial charge is 0.0745 e. The predicted molar refractivity (Wildman–Crippen MR) is 64.9 cm³/mol. The molecule has 0 amide bonds. The van der Waals surface area contributed by atoms with Crippen molar-refractivity contribution in [3.63, 3.8) is 0 Å². The van der Waals surface area contributed by atoms with E-state index in [1.54, 1.807) is 0 Å². The number of aliphatic hydroxyl groups is 1. The lowest BCUT2D eigenvalue weighted by atomic mass is 9.68. The average molecular weight is 204 g/mol. The monoisotopic (exact) mass is 204 g/mol. The number of hydrogen-bond donors (Lipinski definition) is 1. The van der Waals surface area contributed by atoms with E-state index in [0.29, 0.717) is 6.42 Å². The van der Waals surface area contributed by atoms with Crippen LogP contribution in [0.4, 0.5) is 0 Å². The van der Waals surface area contributed by atoms with Crippen molar-refractivity contribution >= 4 is 0 Å². The van der Waals surface area contributed by atoms with Gasteiger partial charge < -0.3 is 5.11 Å². The zero-order valence-electron chi connectivity index (χ0n) is 9.83. The fraction of sp³-hybridized carbons (Fsp3) is 0.429. The molecule has 0 fully saturated rings. The van der Waals surface area contributed by atoms with Gasteiger partial charge >= 0.3 is 0 Å². The van der Waals surface area contributed by atoms with Gasteiger partial charge in [-0.3, -0.25) is 0 Å². The van der Waals surface area contributed by atoms with Crippen LogP contribution in [0.3, 0.4) is 0 Å². The van der Waals surface area contributed by atoms with Gasteiger partial charge in [0, 0.05) is 5.41 Å². The Morgan fingerprint density at radius 3 is 2.20 bits per heavy atom. The Bertz CT molecular complexity index is 326. The summed E-state index contributed by atoms with van der Waals surface area (Å²) in [4.78, 5) is 0. The van der Waals surface area contributed by atoms with Crippen molar-refractivity contribution in [2.45, 2.75) is 38.2 Å². The van der Waals surface area contributed by atoms with E-state index < -0.39 is 11.0 Å². The standard InChI is InChI=1S/C14H20O/c1-5-13(3,14(4,15)6-2)12-10-8-7-9-11-12/h5,7-11,15H,1,6H2,2-4H3/t13-,14+/m1/s1. The second-order valence-corrected chi connectivity index (χ2v) is 4.40. The van der Waals surface area contributed by atoms with Crippen molar-refractivity contribution < 1.29 is 5.11 Å². The van der Waals surface area contributed by atoms with Crippen LogP contribution in [-0.2, 0) is 5.41 Å². The molecule has 0 aromatic heterocycles. The van der Waals surface area contributed by atoms with E-state index in [2.05, 4.69) is 6.58 Å². The molecule has 0 radical (unpaired) electrons. The molecule has 1 nitrogen and oxygen atoms in total. The van der Waals surface area contributed by atoms with Crippen LogP contribution in [0.1, 0.15) is 32.8 Å². The van der Waals surface area contributed by atoms with Gasteiger partial charge in [0.15, 0.2) is 0 Å². The molecule has 0 aliphatic rings. The Morgan fingerprint density at radius 1 is 1.27 bits per heavy atom. The quantitative estimate of drug-likeness (QED) is 0.746. The van der Waals surface area contributed by atoms with Gasteiger partial charge in [-0.05, 0) is 25.8 Å². The summed E-state index contributed by atoms with van der Waals surface area (Å²) in [5, 5.41) is 10.4. The molecule has 0 spiro atoms. The van der Waals surface area contributed by atoms with Crippen LogP contribution in [0.2, 0.25) is 0 Å². The van der Waals surface area contributed by atoms with Crippen molar-refractivity contribution in [3.8, 4) is 0 Å². The van der Waals surface area contributed by atoms with Gasteiger partial charge in [0.2, 0.25) is 0 Å². The molecule has 0 heterocycles. The maximum Gasteiger partial charge on any atom is 0.0745 e. The fourth-order valence-corrected chi connectivity index (χ4v) is 1.80. The van der Waals surface area contributed by atoms with Gasteiger partial charge in [0.1, 0.15) is 0 Å². The van der Waals surface area contributed by atoms with E-state index in [1.165, 1.54) is 0 Å². The number of rotatable bonds is 4. The van der Waals surface area contributed by atoms with E-state index in [1.807, 2.05) is 57.2 Å². The largest absolute Gasteiger partial charge is 0.389 e. The second kappa shape index (κ2) is 4.19. The molecule has 0 saturated carbocycles. The summed E-state index contributed by atoms with van der Waals surface area (Å²) in [6.45, 7) is 9.74. The summed E-state index contributed by atoms with van der Waals surface area (Å²) >= 11 is 0. The minimum atomic E-state index is -0.768. The van der Waals surface area contributed by atoms with Gasteiger partial charge in [0.05, 0.1) is 5.60 Å². The zero-order valence-corrected chi connectivity index (χ0v) is 9.83. The Labute approximate surface area is 92.5 Å². The fourth-order valence-electron chi connectivity index (χ4n) is 1.80. The SMILES string of the molecule is C=C[C@](C)(c1ccccc1)[C@@](C)(O)CC. The van der Waals surface area contributed by atoms with Gasteiger partial charge in [-0.2, -0.15) is 0 Å². The van der Waals surface area contributed by atoms with E-state index >= 15 is 0 Å². The third kappa shape index (κ3) is 1.98. The Morgan fingerprint density at radius 2 is 1.80 bits per heavy atom. The van der Waals surface area contributed by atoms with Crippen molar-refractivity contribution in [1.29, 1.82) is 0 Å². The molecule has 0 aliphatic heterocycles. The molecular weight excluding hydrogens is 184 g/mol. The Balaban J connectivity index is 3.23. The maximum atomic E-state index is 10.4. The van der Waals surface area contributed by atoms with Crippen LogP contribution in [0.25, 0.3) is 0 Å². The lowest BCUT2D eigenvalue weighted by Crippen LogP contribution is -2.45. The highest BCUT2D eigenvalue weighted by atomic mass is 16.3. The number of hydrogen-bond acceptors (Lipinski definition) is 1. The molecule has 1 aromatic carbocycles. The van der Waals surface area contributed by atoms with Crippen LogP contribution in [-0.4, -0.2) is 10.7 Å². The highest BCUT2D eigenvalue weighted by Crippen LogP contribution is 2.38. The topological polar surface area (TPSA) is 20.2 Å². The molecule has 2 atom stereocenters. The molecule has 1 N–H and O–H groups in total. The summed E-state index contributed by atoms with van der Waals surface area (Å²) in [5.41, 5.74) is -0.0640. The van der Waals surface area contributed by atoms with Gasteiger partial charge in [-0.1, -0.05) is 43.3 Å². The first-order valence-corrected chi connectivity index (χ1v) is 5.39. The van der Waals surface area contributed by atoms with E-state index in [-0.39, 0.29) is 0 Å². The molecule has 15 heavy (non-hydrogen) atoms. The minimum Gasteiger partial charge on any atom is -0.389 e. The van der Waals surface area contributed by atoms with Gasteiger partial charge in [-0.15, -0.1) is 6.58 Å². The van der Waals surface area contributed by atoms with Crippen molar-refractivity contribution in [2.24, 2.45) is 0 Å². The van der Waals surface area contributed by atoms with Crippen LogP contribution in [0, 0.1) is 0 Å². The number of benzene rings is 1. The molecule has 0 saturated heterocycles. The van der Waals surface area contributed by atoms with E-state index in [4.69, 9.17) is 0 Å². The summed E-state index contributed by atoms with van der Waals surface area (Å²) < 4.78 is 0. The molecule has 1 rings (SSSR count). The third-order valence-electron chi connectivity index (χ3n) is 3.59. The van der Waals surface area contributed by atoms with Crippen molar-refractivity contribution in [1.82, 2.24) is 0 Å².